The van der Waals surface area contributed by atoms with Crippen molar-refractivity contribution in [3.05, 3.63) is 0 Å². The Labute approximate surface area is 71.5 Å². The van der Waals surface area contributed by atoms with Crippen LogP contribution in [0, 0.1) is 0 Å². The van der Waals surface area contributed by atoms with Gasteiger partial charge in [-0.05, 0) is 5.22 Å². The predicted molar refractivity (Wildman–Crippen MR) is 43.4 cm³/mol. The molecule has 0 saturated carbocycles. The molecular weight excluding hydrogens is 180 g/mol. The number of amidine groups is 1. The minimum Gasteiger partial charge on any atom is -0.481 e. The first-order valence-electron chi connectivity index (χ1n) is 3.21. The summed E-state index contributed by atoms with van der Waals surface area (Å²) in [6.07, 6.45) is 0.00269. The molecule has 2 rings (SSSR count). The Hall–Kier alpha value is -1.24. The van der Waals surface area contributed by atoms with Gasteiger partial charge in [0, 0.05) is 0 Å². The van der Waals surface area contributed by atoms with Crippen LogP contribution in [0.5, 0.6) is 0 Å². The van der Waals surface area contributed by atoms with Crippen LogP contribution in [-0.2, 0) is 4.79 Å². The molecule has 0 aromatic heterocycles. The zero-order chi connectivity index (χ0) is 8.55. The number of carbonyl (C=O) groups is 1. The molecule has 0 radical (unpaired) electrons. The maximum Gasteiger partial charge on any atom is 0.306 e. The van der Waals surface area contributed by atoms with E-state index >= 15 is 0 Å². The lowest BCUT2D eigenvalue weighted by Gasteiger charge is -1.98. The van der Waals surface area contributed by atoms with Gasteiger partial charge in [0.15, 0.2) is 5.04 Å². The zero-order valence-corrected chi connectivity index (χ0v) is 6.65. The Morgan fingerprint density at radius 1 is 1.67 bits per heavy atom. The summed E-state index contributed by atoms with van der Waals surface area (Å²) in [6.45, 7) is 0. The highest BCUT2D eigenvalue weighted by Gasteiger charge is 2.29. The van der Waals surface area contributed by atoms with Gasteiger partial charge in [-0.15, -0.1) is 10.2 Å². The van der Waals surface area contributed by atoms with Gasteiger partial charge < -0.3 is 5.11 Å². The fraction of sp³-hybridized carbons (Fsp3) is 0.400. The van der Waals surface area contributed by atoms with Crippen molar-refractivity contribution in [3.8, 4) is 0 Å². The maximum absolute atomic E-state index is 10.3. The minimum absolute atomic E-state index is 0.00269. The van der Waals surface area contributed by atoms with Crippen LogP contribution in [0.1, 0.15) is 6.42 Å². The first-order chi connectivity index (χ1) is 5.75. The van der Waals surface area contributed by atoms with Gasteiger partial charge in [-0.25, -0.2) is 4.99 Å². The molecule has 0 fully saturated rings. The SMILES string of the molecule is O=C(O)CC1N=C2N=NN=C2S1. The molecule has 0 aromatic carbocycles. The number of thioether (sulfide) groups is 1. The van der Waals surface area contributed by atoms with E-state index in [-0.39, 0.29) is 11.8 Å². The number of aliphatic imine (C=N–C) groups is 1. The number of rotatable bonds is 2. The molecule has 2 aliphatic rings. The number of aliphatic carboxylic acids is 1. The lowest BCUT2D eigenvalue weighted by atomic mass is 10.4. The molecule has 0 spiro atoms. The van der Waals surface area contributed by atoms with Crippen molar-refractivity contribution in [2.75, 3.05) is 0 Å². The van der Waals surface area contributed by atoms with Crippen LogP contribution in [0.2, 0.25) is 0 Å². The second-order valence-electron chi connectivity index (χ2n) is 2.22. The zero-order valence-electron chi connectivity index (χ0n) is 5.84. The second-order valence-corrected chi connectivity index (χ2v) is 3.38. The third-order valence-electron chi connectivity index (χ3n) is 1.33. The number of fused-ring (bicyclic) bond motifs is 1. The molecule has 1 N–H and O–H groups in total. The molecule has 1 atom stereocenters. The van der Waals surface area contributed by atoms with Crippen molar-refractivity contribution in [1.29, 1.82) is 0 Å². The van der Waals surface area contributed by atoms with E-state index in [1.807, 2.05) is 0 Å². The minimum atomic E-state index is -0.866. The first-order valence-corrected chi connectivity index (χ1v) is 4.09. The molecule has 1 unspecified atom stereocenters. The summed E-state index contributed by atoms with van der Waals surface area (Å²) in [5.41, 5.74) is 0. The van der Waals surface area contributed by atoms with Crippen LogP contribution in [0.3, 0.4) is 0 Å². The van der Waals surface area contributed by atoms with Crippen LogP contribution < -0.4 is 0 Å². The van der Waals surface area contributed by atoms with Gasteiger partial charge in [0.05, 0.1) is 6.42 Å². The van der Waals surface area contributed by atoms with Crippen LogP contribution in [0.4, 0.5) is 0 Å². The fourth-order valence-electron chi connectivity index (χ4n) is 0.878. The van der Waals surface area contributed by atoms with E-state index in [0.717, 1.165) is 0 Å². The molecule has 0 saturated heterocycles. The van der Waals surface area contributed by atoms with Gasteiger partial charge in [-0.1, -0.05) is 11.8 Å². The summed E-state index contributed by atoms with van der Waals surface area (Å²) < 4.78 is 0. The van der Waals surface area contributed by atoms with E-state index in [0.29, 0.717) is 10.9 Å². The monoisotopic (exact) mass is 184 g/mol. The summed E-state index contributed by atoms with van der Waals surface area (Å²) in [6, 6.07) is 0. The summed E-state index contributed by atoms with van der Waals surface area (Å²) >= 11 is 1.29. The largest absolute Gasteiger partial charge is 0.481 e. The molecule has 0 aliphatic carbocycles. The van der Waals surface area contributed by atoms with E-state index in [1.54, 1.807) is 0 Å². The van der Waals surface area contributed by atoms with Crippen molar-refractivity contribution in [2.45, 2.75) is 11.8 Å². The number of carboxylic acid groups (broad SMARTS) is 1. The Balaban J connectivity index is 2.08. The molecule has 7 heteroatoms. The fourth-order valence-corrected chi connectivity index (χ4v) is 1.80. The van der Waals surface area contributed by atoms with Gasteiger partial charge in [0.1, 0.15) is 5.37 Å². The molecular formula is C5H4N4O2S. The van der Waals surface area contributed by atoms with E-state index in [9.17, 15) is 4.79 Å². The standard InChI is InChI=1S/C5H4N4O2S/c10-3(11)1-2-6-4-5(12-2)8-9-7-4/h2H,1H2,(H,10,11). The van der Waals surface area contributed by atoms with E-state index in [1.165, 1.54) is 11.8 Å². The Morgan fingerprint density at radius 2 is 2.50 bits per heavy atom. The summed E-state index contributed by atoms with van der Waals surface area (Å²) in [7, 11) is 0. The van der Waals surface area contributed by atoms with Crippen molar-refractivity contribution < 1.29 is 9.90 Å². The van der Waals surface area contributed by atoms with Crippen molar-refractivity contribution in [2.24, 2.45) is 20.4 Å². The number of nitrogens with zero attached hydrogens (tertiary/aromatic N) is 4. The average Bonchev–Trinajstić information content (AvgIpc) is 2.43. The predicted octanol–water partition coefficient (Wildman–Crippen LogP) is 0.712. The normalized spacial score (nSPS) is 25.2. The summed E-state index contributed by atoms with van der Waals surface area (Å²) in [4.78, 5) is 14.3. The number of hydrogen-bond acceptors (Lipinski definition) is 6. The van der Waals surface area contributed by atoms with Gasteiger partial charge in [-0.3, -0.25) is 4.79 Å². The highest BCUT2D eigenvalue weighted by molar-refractivity contribution is 8.16. The molecule has 0 bridgehead atoms. The van der Waals surface area contributed by atoms with Gasteiger partial charge >= 0.3 is 5.97 Å². The summed E-state index contributed by atoms with van der Waals surface area (Å²) in [5, 5.41) is 19.5. The molecule has 2 aliphatic heterocycles. The van der Waals surface area contributed by atoms with E-state index < -0.39 is 5.97 Å². The molecule has 2 heterocycles. The Bertz CT molecular complexity index is 321. The van der Waals surface area contributed by atoms with Gasteiger partial charge in [0.2, 0.25) is 5.84 Å². The molecule has 62 valence electrons. The lowest BCUT2D eigenvalue weighted by Crippen LogP contribution is -2.04. The Kier molecular flexibility index (Phi) is 1.65. The Morgan fingerprint density at radius 3 is 3.17 bits per heavy atom. The third-order valence-corrected chi connectivity index (χ3v) is 2.36. The van der Waals surface area contributed by atoms with Crippen LogP contribution >= 0.6 is 11.8 Å². The van der Waals surface area contributed by atoms with Crippen molar-refractivity contribution >= 4 is 28.6 Å². The van der Waals surface area contributed by atoms with E-state index in [4.69, 9.17) is 5.11 Å². The second kappa shape index (κ2) is 2.67. The molecule has 6 nitrogen and oxygen atoms in total. The highest BCUT2D eigenvalue weighted by Crippen LogP contribution is 2.28. The van der Waals surface area contributed by atoms with Crippen LogP contribution in [0.25, 0.3) is 0 Å². The summed E-state index contributed by atoms with van der Waals surface area (Å²) in [5.74, 6) is -0.402. The van der Waals surface area contributed by atoms with Gasteiger partial charge in [-0.2, -0.15) is 0 Å². The van der Waals surface area contributed by atoms with Crippen molar-refractivity contribution in [1.82, 2.24) is 0 Å². The topological polar surface area (TPSA) is 86.7 Å². The first kappa shape index (κ1) is 7.41. The smallest absolute Gasteiger partial charge is 0.306 e. The van der Waals surface area contributed by atoms with Crippen LogP contribution in [0.15, 0.2) is 20.4 Å². The molecule has 0 amide bonds. The third kappa shape index (κ3) is 1.22. The van der Waals surface area contributed by atoms with Crippen molar-refractivity contribution in [3.63, 3.8) is 0 Å². The number of carboxylic acids is 1. The number of hydrogen-bond donors (Lipinski definition) is 1. The molecule has 12 heavy (non-hydrogen) atoms. The quantitative estimate of drug-likeness (QED) is 0.685. The average molecular weight is 184 g/mol. The van der Waals surface area contributed by atoms with Gasteiger partial charge in [0.25, 0.3) is 0 Å². The van der Waals surface area contributed by atoms with Crippen LogP contribution in [-0.4, -0.2) is 27.3 Å². The highest BCUT2D eigenvalue weighted by atomic mass is 32.2. The molecule has 0 aromatic rings. The van der Waals surface area contributed by atoms with E-state index in [2.05, 4.69) is 20.4 Å². The lowest BCUT2D eigenvalue weighted by molar-refractivity contribution is -0.136. The maximum atomic E-state index is 10.3.